The zero-order valence-corrected chi connectivity index (χ0v) is 12.9. The fourth-order valence-electron chi connectivity index (χ4n) is 1.68. The van der Waals surface area contributed by atoms with Crippen molar-refractivity contribution >= 4 is 29.3 Å². The van der Waals surface area contributed by atoms with Gasteiger partial charge in [0.25, 0.3) is 0 Å². The standard InChI is InChI=1S/C14H19ClN2O4/c1-8(2)12(7-21-3)17-14(20)16-9-4-5-11(15)10(6-9)13(18)19/h4-6,8,12H,7H2,1-3H3,(H,18,19)(H2,16,17,20). The summed E-state index contributed by atoms with van der Waals surface area (Å²) in [6.45, 7) is 4.33. The van der Waals surface area contributed by atoms with Gasteiger partial charge in [-0.3, -0.25) is 0 Å². The molecule has 0 aliphatic heterocycles. The van der Waals surface area contributed by atoms with Crippen LogP contribution in [0.2, 0.25) is 5.02 Å². The highest BCUT2D eigenvalue weighted by Gasteiger charge is 2.16. The van der Waals surface area contributed by atoms with E-state index < -0.39 is 12.0 Å². The van der Waals surface area contributed by atoms with E-state index >= 15 is 0 Å². The molecular formula is C14H19ClN2O4. The molecule has 0 aromatic heterocycles. The Morgan fingerprint density at radius 3 is 2.57 bits per heavy atom. The molecule has 1 aromatic rings. The number of carboxylic acids is 1. The number of aromatic carboxylic acids is 1. The molecule has 0 heterocycles. The number of carbonyl (C=O) groups is 2. The number of carboxylic acid groups (broad SMARTS) is 1. The Balaban J connectivity index is 2.74. The molecule has 1 aromatic carbocycles. The molecule has 0 saturated heterocycles. The summed E-state index contributed by atoms with van der Waals surface area (Å²) in [6, 6.07) is 3.71. The molecule has 0 aliphatic carbocycles. The number of hydrogen-bond acceptors (Lipinski definition) is 3. The maximum Gasteiger partial charge on any atom is 0.337 e. The first-order valence-corrected chi connectivity index (χ1v) is 6.82. The maximum atomic E-state index is 11.9. The molecular weight excluding hydrogens is 296 g/mol. The van der Waals surface area contributed by atoms with Crippen molar-refractivity contribution in [3.05, 3.63) is 28.8 Å². The molecule has 2 amide bonds. The number of amides is 2. The largest absolute Gasteiger partial charge is 0.478 e. The summed E-state index contributed by atoms with van der Waals surface area (Å²) >= 11 is 5.77. The number of halogens is 1. The van der Waals surface area contributed by atoms with Gasteiger partial charge < -0.3 is 20.5 Å². The van der Waals surface area contributed by atoms with Crippen molar-refractivity contribution in [3.8, 4) is 0 Å². The van der Waals surface area contributed by atoms with Gasteiger partial charge in [0.1, 0.15) is 0 Å². The number of urea groups is 1. The third kappa shape index (κ3) is 5.24. The van der Waals surface area contributed by atoms with Gasteiger partial charge in [-0.15, -0.1) is 0 Å². The molecule has 21 heavy (non-hydrogen) atoms. The lowest BCUT2D eigenvalue weighted by Crippen LogP contribution is -2.43. The van der Waals surface area contributed by atoms with Crippen LogP contribution in [0.1, 0.15) is 24.2 Å². The van der Waals surface area contributed by atoms with Crippen LogP contribution in [-0.2, 0) is 4.74 Å². The lowest BCUT2D eigenvalue weighted by atomic mass is 10.1. The highest BCUT2D eigenvalue weighted by atomic mass is 35.5. The van der Waals surface area contributed by atoms with Crippen molar-refractivity contribution in [2.24, 2.45) is 5.92 Å². The first kappa shape index (κ1) is 17.3. The smallest absolute Gasteiger partial charge is 0.337 e. The van der Waals surface area contributed by atoms with Crippen molar-refractivity contribution in [1.29, 1.82) is 0 Å². The van der Waals surface area contributed by atoms with Crippen LogP contribution in [-0.4, -0.2) is 36.9 Å². The summed E-state index contributed by atoms with van der Waals surface area (Å²) in [6.07, 6.45) is 0. The van der Waals surface area contributed by atoms with Crippen LogP contribution >= 0.6 is 11.6 Å². The monoisotopic (exact) mass is 314 g/mol. The van der Waals surface area contributed by atoms with Crippen LogP contribution in [0.3, 0.4) is 0 Å². The van der Waals surface area contributed by atoms with E-state index in [0.29, 0.717) is 12.3 Å². The third-order valence-corrected chi connectivity index (χ3v) is 3.25. The molecule has 1 rings (SSSR count). The molecule has 0 spiro atoms. The van der Waals surface area contributed by atoms with Gasteiger partial charge >= 0.3 is 12.0 Å². The SMILES string of the molecule is COCC(NC(=O)Nc1ccc(Cl)c(C(=O)O)c1)C(C)C. The number of benzene rings is 1. The van der Waals surface area contributed by atoms with E-state index in [4.69, 9.17) is 21.4 Å². The normalized spacial score (nSPS) is 12.0. The van der Waals surface area contributed by atoms with Crippen LogP contribution in [0.4, 0.5) is 10.5 Å². The van der Waals surface area contributed by atoms with E-state index in [-0.39, 0.29) is 22.5 Å². The van der Waals surface area contributed by atoms with Gasteiger partial charge in [0, 0.05) is 12.8 Å². The predicted octanol–water partition coefficient (Wildman–Crippen LogP) is 2.83. The average molecular weight is 315 g/mol. The number of methoxy groups -OCH3 is 1. The Bertz CT molecular complexity index is 520. The van der Waals surface area contributed by atoms with Crippen molar-refractivity contribution in [2.75, 3.05) is 19.0 Å². The quantitative estimate of drug-likeness (QED) is 0.753. The van der Waals surface area contributed by atoms with Crippen LogP contribution in [0.25, 0.3) is 0 Å². The Morgan fingerprint density at radius 1 is 1.38 bits per heavy atom. The molecule has 1 atom stereocenters. The number of nitrogens with one attached hydrogen (secondary N) is 2. The van der Waals surface area contributed by atoms with E-state index in [9.17, 15) is 9.59 Å². The first-order chi connectivity index (χ1) is 9.85. The highest BCUT2D eigenvalue weighted by Crippen LogP contribution is 2.20. The second-order valence-corrected chi connectivity index (χ2v) is 5.31. The van der Waals surface area contributed by atoms with E-state index in [0.717, 1.165) is 0 Å². The van der Waals surface area contributed by atoms with Gasteiger partial charge in [-0.05, 0) is 24.1 Å². The molecule has 6 nitrogen and oxygen atoms in total. The van der Waals surface area contributed by atoms with E-state index in [1.54, 1.807) is 7.11 Å². The molecule has 3 N–H and O–H groups in total. The first-order valence-electron chi connectivity index (χ1n) is 6.44. The van der Waals surface area contributed by atoms with Gasteiger partial charge in [0.15, 0.2) is 0 Å². The van der Waals surface area contributed by atoms with Crippen molar-refractivity contribution < 1.29 is 19.4 Å². The number of ether oxygens (including phenoxy) is 1. The van der Waals surface area contributed by atoms with E-state index in [2.05, 4.69) is 10.6 Å². The second kappa shape index (κ2) is 7.85. The highest BCUT2D eigenvalue weighted by molar-refractivity contribution is 6.33. The number of carbonyl (C=O) groups excluding carboxylic acids is 1. The predicted molar refractivity (Wildman–Crippen MR) is 81.1 cm³/mol. The number of anilines is 1. The second-order valence-electron chi connectivity index (χ2n) is 4.90. The van der Waals surface area contributed by atoms with Crippen LogP contribution < -0.4 is 10.6 Å². The summed E-state index contributed by atoms with van der Waals surface area (Å²) in [4.78, 5) is 22.9. The Labute approximate surface area is 128 Å². The fourth-order valence-corrected chi connectivity index (χ4v) is 1.88. The molecule has 0 radical (unpaired) electrons. The summed E-state index contributed by atoms with van der Waals surface area (Å²) in [5, 5.41) is 14.5. The van der Waals surface area contributed by atoms with Crippen LogP contribution in [0, 0.1) is 5.92 Å². The zero-order chi connectivity index (χ0) is 16.0. The summed E-state index contributed by atoms with van der Waals surface area (Å²) in [7, 11) is 1.56. The summed E-state index contributed by atoms with van der Waals surface area (Å²) in [5.74, 6) is -0.945. The molecule has 0 aliphatic rings. The van der Waals surface area contributed by atoms with Gasteiger partial charge in [0.05, 0.1) is 23.2 Å². The minimum atomic E-state index is -1.15. The minimum Gasteiger partial charge on any atom is -0.478 e. The topological polar surface area (TPSA) is 87.7 Å². The lowest BCUT2D eigenvalue weighted by molar-refractivity contribution is 0.0697. The molecule has 116 valence electrons. The van der Waals surface area contributed by atoms with Gasteiger partial charge in [-0.2, -0.15) is 0 Å². The van der Waals surface area contributed by atoms with E-state index in [1.165, 1.54) is 18.2 Å². The van der Waals surface area contributed by atoms with Crippen LogP contribution in [0.15, 0.2) is 18.2 Å². The molecule has 0 bridgehead atoms. The van der Waals surface area contributed by atoms with Gasteiger partial charge in [0.2, 0.25) is 0 Å². The molecule has 7 heteroatoms. The maximum absolute atomic E-state index is 11.9. The van der Waals surface area contributed by atoms with Crippen LogP contribution in [0.5, 0.6) is 0 Å². The molecule has 0 saturated carbocycles. The van der Waals surface area contributed by atoms with Gasteiger partial charge in [-0.25, -0.2) is 9.59 Å². The van der Waals surface area contributed by atoms with Gasteiger partial charge in [-0.1, -0.05) is 25.4 Å². The zero-order valence-electron chi connectivity index (χ0n) is 12.1. The summed E-state index contributed by atoms with van der Waals surface area (Å²) in [5.41, 5.74) is 0.293. The molecule has 1 unspecified atom stereocenters. The Morgan fingerprint density at radius 2 is 2.05 bits per heavy atom. The Kier molecular flexibility index (Phi) is 6.45. The Hall–Kier alpha value is -1.79. The van der Waals surface area contributed by atoms with Crippen molar-refractivity contribution in [2.45, 2.75) is 19.9 Å². The minimum absolute atomic E-state index is 0.0632. The number of hydrogen-bond donors (Lipinski definition) is 3. The fraction of sp³-hybridized carbons (Fsp3) is 0.429. The average Bonchev–Trinajstić information content (AvgIpc) is 2.40. The van der Waals surface area contributed by atoms with E-state index in [1.807, 2.05) is 13.8 Å². The lowest BCUT2D eigenvalue weighted by Gasteiger charge is -2.21. The van der Waals surface area contributed by atoms with Crippen molar-refractivity contribution in [3.63, 3.8) is 0 Å². The third-order valence-electron chi connectivity index (χ3n) is 2.92. The van der Waals surface area contributed by atoms with Crippen molar-refractivity contribution in [1.82, 2.24) is 5.32 Å². The number of rotatable bonds is 6. The molecule has 0 fully saturated rings. The summed E-state index contributed by atoms with van der Waals surface area (Å²) < 4.78 is 5.05.